The average Bonchev–Trinajstić information content (AvgIpc) is 2.82. The molecule has 0 aromatic heterocycles. The molecule has 0 unspecified atom stereocenters. The summed E-state index contributed by atoms with van der Waals surface area (Å²) < 4.78 is 0. The molecule has 1 heterocycles. The monoisotopic (exact) mass is 229 g/mol. The van der Waals surface area contributed by atoms with Crippen LogP contribution in [0.5, 0.6) is 0 Å². The Morgan fingerprint density at radius 3 is 2.44 bits per heavy atom. The molecule has 0 N–H and O–H groups in total. The molecule has 1 aliphatic rings. The summed E-state index contributed by atoms with van der Waals surface area (Å²) in [4.78, 5) is 0. The molecule has 1 aliphatic heterocycles. The Morgan fingerprint density at radius 1 is 0.875 bits per heavy atom. The van der Waals surface area contributed by atoms with Crippen molar-refractivity contribution < 1.29 is 0 Å². The maximum absolute atomic E-state index is 2.38. The van der Waals surface area contributed by atoms with Gasteiger partial charge in [-0.15, -0.1) is 0 Å². The van der Waals surface area contributed by atoms with Crippen LogP contribution in [-0.4, -0.2) is 11.5 Å². The van der Waals surface area contributed by atoms with Gasteiger partial charge >= 0.3 is 0 Å². The standard InChI is InChI=1S/C15H17S/c1-2-6-15-11-13(7-8-14(15)5-1)12-16-9-3-4-10-16/h1-2,5-8,11H,3-4,9-10,12H2/q+1. The molecule has 0 bridgehead atoms. The van der Waals surface area contributed by atoms with Gasteiger partial charge in [0, 0.05) is 5.56 Å². The van der Waals surface area contributed by atoms with Gasteiger partial charge in [0.05, 0.1) is 0 Å². The van der Waals surface area contributed by atoms with Gasteiger partial charge in [-0.1, -0.05) is 36.4 Å². The summed E-state index contributed by atoms with van der Waals surface area (Å²) in [6, 6.07) is 15.6. The van der Waals surface area contributed by atoms with Gasteiger partial charge in [-0.3, -0.25) is 0 Å². The molecule has 0 aliphatic carbocycles. The summed E-state index contributed by atoms with van der Waals surface area (Å²) in [6.45, 7) is 0. The second-order valence-electron chi connectivity index (χ2n) is 4.55. The van der Waals surface area contributed by atoms with Crippen molar-refractivity contribution in [3.63, 3.8) is 0 Å². The SMILES string of the molecule is c1ccc2cc(C[S+]3CCCC3)ccc2c1. The van der Waals surface area contributed by atoms with Crippen molar-refractivity contribution in [2.45, 2.75) is 18.6 Å². The van der Waals surface area contributed by atoms with Crippen molar-refractivity contribution in [1.82, 2.24) is 0 Å². The molecule has 82 valence electrons. The summed E-state index contributed by atoms with van der Waals surface area (Å²) in [5, 5.41) is 2.75. The summed E-state index contributed by atoms with van der Waals surface area (Å²) in [7, 11) is 0.679. The Morgan fingerprint density at radius 2 is 1.62 bits per heavy atom. The molecular formula is C15H17S+. The summed E-state index contributed by atoms with van der Waals surface area (Å²) >= 11 is 0. The molecule has 2 aromatic rings. The van der Waals surface area contributed by atoms with Gasteiger partial charge in [0.15, 0.2) is 0 Å². The lowest BCUT2D eigenvalue weighted by molar-refractivity contribution is 0.949. The minimum atomic E-state index is 0.679. The molecule has 0 amide bonds. The Kier molecular flexibility index (Phi) is 2.88. The highest BCUT2D eigenvalue weighted by Gasteiger charge is 2.23. The highest BCUT2D eigenvalue weighted by atomic mass is 32.2. The Balaban J connectivity index is 1.86. The molecule has 1 fully saturated rings. The van der Waals surface area contributed by atoms with Gasteiger partial charge < -0.3 is 0 Å². The molecule has 1 saturated heterocycles. The number of rotatable bonds is 2. The van der Waals surface area contributed by atoms with Crippen LogP contribution in [0.25, 0.3) is 10.8 Å². The van der Waals surface area contributed by atoms with E-state index < -0.39 is 0 Å². The van der Waals surface area contributed by atoms with Crippen LogP contribution in [0.1, 0.15) is 18.4 Å². The van der Waals surface area contributed by atoms with Crippen LogP contribution < -0.4 is 0 Å². The van der Waals surface area contributed by atoms with E-state index in [0.29, 0.717) is 10.9 Å². The van der Waals surface area contributed by atoms with Gasteiger partial charge in [0.25, 0.3) is 0 Å². The normalized spacial score (nSPS) is 17.0. The van der Waals surface area contributed by atoms with E-state index in [1.54, 1.807) is 0 Å². The zero-order chi connectivity index (χ0) is 10.8. The quantitative estimate of drug-likeness (QED) is 0.688. The first-order valence-corrected chi connectivity index (χ1v) is 7.77. The topological polar surface area (TPSA) is 0 Å². The molecular weight excluding hydrogens is 212 g/mol. The highest BCUT2D eigenvalue weighted by molar-refractivity contribution is 7.96. The molecule has 2 aromatic carbocycles. The van der Waals surface area contributed by atoms with Gasteiger partial charge in [-0.25, -0.2) is 0 Å². The van der Waals surface area contributed by atoms with Crippen molar-refractivity contribution in [2.75, 3.05) is 11.5 Å². The number of hydrogen-bond acceptors (Lipinski definition) is 0. The smallest absolute Gasteiger partial charge is 0.0616 e. The fourth-order valence-electron chi connectivity index (χ4n) is 2.42. The Labute approximate surface area is 100 Å². The minimum Gasteiger partial charge on any atom is -0.0616 e. The maximum atomic E-state index is 2.38. The third-order valence-electron chi connectivity index (χ3n) is 3.30. The summed E-state index contributed by atoms with van der Waals surface area (Å²) in [5.74, 6) is 4.24. The Bertz CT molecular complexity index is 484. The zero-order valence-electron chi connectivity index (χ0n) is 9.49. The van der Waals surface area contributed by atoms with Crippen molar-refractivity contribution in [2.24, 2.45) is 0 Å². The lowest BCUT2D eigenvalue weighted by Gasteiger charge is -2.03. The summed E-state index contributed by atoms with van der Waals surface area (Å²) in [5.41, 5.74) is 1.53. The van der Waals surface area contributed by atoms with E-state index in [9.17, 15) is 0 Å². The van der Waals surface area contributed by atoms with Gasteiger partial charge in [0.2, 0.25) is 0 Å². The van der Waals surface area contributed by atoms with Crippen LogP contribution in [-0.2, 0) is 16.6 Å². The second-order valence-corrected chi connectivity index (χ2v) is 6.88. The maximum Gasteiger partial charge on any atom is 0.133 e. The van der Waals surface area contributed by atoms with Crippen molar-refractivity contribution >= 4 is 21.7 Å². The van der Waals surface area contributed by atoms with Crippen LogP contribution in [0.3, 0.4) is 0 Å². The zero-order valence-corrected chi connectivity index (χ0v) is 10.3. The van der Waals surface area contributed by atoms with Crippen molar-refractivity contribution in [3.05, 3.63) is 48.0 Å². The van der Waals surface area contributed by atoms with Gasteiger partial charge in [-0.2, -0.15) is 0 Å². The second kappa shape index (κ2) is 4.50. The molecule has 0 nitrogen and oxygen atoms in total. The first-order valence-electron chi connectivity index (χ1n) is 6.03. The van der Waals surface area contributed by atoms with E-state index in [1.807, 2.05) is 0 Å². The third-order valence-corrected chi connectivity index (χ3v) is 5.77. The molecule has 3 rings (SSSR count). The fourth-order valence-corrected chi connectivity index (χ4v) is 4.79. The number of fused-ring (bicyclic) bond motifs is 1. The van der Waals surface area contributed by atoms with Crippen LogP contribution >= 0.6 is 0 Å². The number of benzene rings is 2. The van der Waals surface area contributed by atoms with Crippen LogP contribution in [0, 0.1) is 0 Å². The van der Waals surface area contributed by atoms with E-state index in [1.165, 1.54) is 46.4 Å². The average molecular weight is 229 g/mol. The van der Waals surface area contributed by atoms with E-state index in [4.69, 9.17) is 0 Å². The molecule has 0 radical (unpaired) electrons. The first kappa shape index (κ1) is 10.2. The lowest BCUT2D eigenvalue weighted by atomic mass is 10.1. The number of hydrogen-bond donors (Lipinski definition) is 0. The van der Waals surface area contributed by atoms with Gasteiger partial charge in [-0.05, 0) is 40.6 Å². The van der Waals surface area contributed by atoms with Crippen molar-refractivity contribution in [3.8, 4) is 0 Å². The predicted octanol–water partition coefficient (Wildman–Crippen LogP) is 3.75. The third kappa shape index (κ3) is 2.10. The first-order chi connectivity index (χ1) is 7.92. The minimum absolute atomic E-state index is 0.679. The van der Waals surface area contributed by atoms with E-state index in [0.717, 1.165) is 0 Å². The largest absolute Gasteiger partial charge is 0.133 e. The van der Waals surface area contributed by atoms with E-state index in [-0.39, 0.29) is 0 Å². The van der Waals surface area contributed by atoms with Gasteiger partial charge in [0.1, 0.15) is 17.3 Å². The predicted molar refractivity (Wildman–Crippen MR) is 74.0 cm³/mol. The lowest BCUT2D eigenvalue weighted by Crippen LogP contribution is -2.06. The highest BCUT2D eigenvalue weighted by Crippen LogP contribution is 2.21. The molecule has 0 spiro atoms. The molecule has 16 heavy (non-hydrogen) atoms. The molecule has 1 heteroatoms. The van der Waals surface area contributed by atoms with Crippen molar-refractivity contribution in [1.29, 1.82) is 0 Å². The van der Waals surface area contributed by atoms with Crippen LogP contribution in [0.15, 0.2) is 42.5 Å². The van der Waals surface area contributed by atoms with Crippen LogP contribution in [0.4, 0.5) is 0 Å². The fraction of sp³-hybridized carbons (Fsp3) is 0.333. The van der Waals surface area contributed by atoms with E-state index in [2.05, 4.69) is 42.5 Å². The van der Waals surface area contributed by atoms with Crippen LogP contribution in [0.2, 0.25) is 0 Å². The molecule has 0 atom stereocenters. The Hall–Kier alpha value is -0.950. The molecule has 0 saturated carbocycles. The van der Waals surface area contributed by atoms with E-state index >= 15 is 0 Å². The summed E-state index contributed by atoms with van der Waals surface area (Å²) in [6.07, 6.45) is 2.91.